The van der Waals surface area contributed by atoms with E-state index in [2.05, 4.69) is 22.4 Å². The Morgan fingerprint density at radius 3 is 2.65 bits per heavy atom. The van der Waals surface area contributed by atoms with E-state index in [1.807, 2.05) is 29.2 Å². The number of nitrogens with zero attached hydrogens (tertiary/aromatic N) is 2. The second-order valence-electron chi connectivity index (χ2n) is 6.42. The Bertz CT molecular complexity index is 780. The van der Waals surface area contributed by atoms with Crippen molar-refractivity contribution in [3.63, 3.8) is 0 Å². The third kappa shape index (κ3) is 4.08. The van der Waals surface area contributed by atoms with Gasteiger partial charge in [0, 0.05) is 43.7 Å². The van der Waals surface area contributed by atoms with Crippen LogP contribution in [0, 0.1) is 0 Å². The molecule has 0 bridgehead atoms. The van der Waals surface area contributed by atoms with Crippen LogP contribution in [-0.4, -0.2) is 55.1 Å². The summed E-state index contributed by atoms with van der Waals surface area (Å²) in [7, 11) is 0. The van der Waals surface area contributed by atoms with E-state index in [9.17, 15) is 4.79 Å². The van der Waals surface area contributed by atoms with Crippen molar-refractivity contribution >= 4 is 23.3 Å². The van der Waals surface area contributed by atoms with Crippen molar-refractivity contribution in [1.29, 1.82) is 0 Å². The Morgan fingerprint density at radius 2 is 1.88 bits per heavy atom. The molecule has 2 aliphatic heterocycles. The van der Waals surface area contributed by atoms with Crippen molar-refractivity contribution in [3.05, 3.63) is 52.2 Å². The molecule has 1 fully saturated rings. The van der Waals surface area contributed by atoms with Gasteiger partial charge < -0.3 is 14.4 Å². The molecule has 0 radical (unpaired) electrons. The van der Waals surface area contributed by atoms with Crippen LogP contribution in [0.5, 0.6) is 11.5 Å². The number of benzene rings is 1. The SMILES string of the molecule is O=C(C=Cc1ccc2c(c1)OCCO2)N1CCN(Cc2cccs2)CC1. The van der Waals surface area contributed by atoms with Crippen molar-refractivity contribution in [3.8, 4) is 11.5 Å². The first kappa shape index (κ1) is 17.1. The van der Waals surface area contributed by atoms with Gasteiger partial charge in [0.05, 0.1) is 0 Å². The molecule has 0 saturated carbocycles. The predicted molar refractivity (Wildman–Crippen MR) is 103 cm³/mol. The maximum atomic E-state index is 12.5. The molecule has 136 valence electrons. The van der Waals surface area contributed by atoms with Crippen molar-refractivity contribution in [2.45, 2.75) is 6.54 Å². The number of carbonyl (C=O) groups excluding carboxylic acids is 1. The summed E-state index contributed by atoms with van der Waals surface area (Å²) < 4.78 is 11.1. The number of carbonyl (C=O) groups is 1. The number of amides is 1. The van der Waals surface area contributed by atoms with E-state index < -0.39 is 0 Å². The zero-order valence-electron chi connectivity index (χ0n) is 14.6. The second kappa shape index (κ2) is 7.93. The molecule has 2 aliphatic rings. The highest BCUT2D eigenvalue weighted by molar-refractivity contribution is 7.09. The Morgan fingerprint density at radius 1 is 1.08 bits per heavy atom. The Labute approximate surface area is 157 Å². The predicted octanol–water partition coefficient (Wildman–Crippen LogP) is 2.88. The first-order valence-corrected chi connectivity index (χ1v) is 9.77. The lowest BCUT2D eigenvalue weighted by molar-refractivity contribution is -0.127. The molecule has 2 aromatic rings. The van der Waals surface area contributed by atoms with Gasteiger partial charge in [-0.25, -0.2) is 0 Å². The molecule has 0 atom stereocenters. The van der Waals surface area contributed by atoms with Crippen molar-refractivity contribution in [2.24, 2.45) is 0 Å². The lowest BCUT2D eigenvalue weighted by Crippen LogP contribution is -2.47. The molecule has 6 heteroatoms. The number of hydrogen-bond acceptors (Lipinski definition) is 5. The van der Waals surface area contributed by atoms with Gasteiger partial charge in [0.1, 0.15) is 13.2 Å². The fourth-order valence-electron chi connectivity index (χ4n) is 3.19. The minimum atomic E-state index is 0.0654. The largest absolute Gasteiger partial charge is 0.486 e. The molecule has 1 amide bonds. The monoisotopic (exact) mass is 370 g/mol. The van der Waals surface area contributed by atoms with Crippen LogP contribution in [0.3, 0.4) is 0 Å². The van der Waals surface area contributed by atoms with Crippen LogP contribution in [-0.2, 0) is 11.3 Å². The van der Waals surface area contributed by atoms with Gasteiger partial charge in [-0.1, -0.05) is 12.1 Å². The topological polar surface area (TPSA) is 42.0 Å². The molecule has 1 aromatic heterocycles. The number of rotatable bonds is 4. The van der Waals surface area contributed by atoms with Crippen LogP contribution in [0.1, 0.15) is 10.4 Å². The lowest BCUT2D eigenvalue weighted by atomic mass is 10.1. The highest BCUT2D eigenvalue weighted by Gasteiger charge is 2.20. The smallest absolute Gasteiger partial charge is 0.246 e. The second-order valence-corrected chi connectivity index (χ2v) is 7.45. The molecule has 3 heterocycles. The van der Waals surface area contributed by atoms with Crippen LogP contribution in [0.25, 0.3) is 6.08 Å². The zero-order chi connectivity index (χ0) is 17.8. The van der Waals surface area contributed by atoms with Gasteiger partial charge in [-0.3, -0.25) is 9.69 Å². The number of hydrogen-bond donors (Lipinski definition) is 0. The first-order valence-electron chi connectivity index (χ1n) is 8.89. The van der Waals surface area contributed by atoms with E-state index in [-0.39, 0.29) is 5.91 Å². The summed E-state index contributed by atoms with van der Waals surface area (Å²) >= 11 is 1.79. The minimum absolute atomic E-state index is 0.0654. The molecule has 1 aromatic carbocycles. The third-order valence-corrected chi connectivity index (χ3v) is 5.49. The van der Waals surface area contributed by atoms with Gasteiger partial charge in [-0.2, -0.15) is 0 Å². The van der Waals surface area contributed by atoms with Crippen molar-refractivity contribution < 1.29 is 14.3 Å². The van der Waals surface area contributed by atoms with Crippen LogP contribution in [0.4, 0.5) is 0 Å². The molecule has 0 unspecified atom stereocenters. The first-order chi connectivity index (χ1) is 12.8. The quantitative estimate of drug-likeness (QED) is 0.776. The maximum Gasteiger partial charge on any atom is 0.246 e. The summed E-state index contributed by atoms with van der Waals surface area (Å²) in [5, 5.41) is 2.11. The van der Waals surface area contributed by atoms with Gasteiger partial charge in [0.25, 0.3) is 0 Å². The summed E-state index contributed by atoms with van der Waals surface area (Å²) in [6, 6.07) is 10.00. The standard InChI is InChI=1S/C20H22N2O3S/c23-20(6-4-16-3-5-18-19(14-16)25-12-11-24-18)22-9-7-21(8-10-22)15-17-2-1-13-26-17/h1-6,13-14H,7-12,15H2. The van der Waals surface area contributed by atoms with Crippen molar-refractivity contribution in [1.82, 2.24) is 9.80 Å². The van der Waals surface area contributed by atoms with E-state index in [1.165, 1.54) is 4.88 Å². The summed E-state index contributed by atoms with van der Waals surface area (Å²) in [6.45, 7) is 5.51. The van der Waals surface area contributed by atoms with Crippen LogP contribution in [0.2, 0.25) is 0 Å². The summed E-state index contributed by atoms with van der Waals surface area (Å²) in [6.07, 6.45) is 3.50. The third-order valence-electron chi connectivity index (χ3n) is 4.63. The molecular formula is C20H22N2O3S. The fraction of sp³-hybridized carbons (Fsp3) is 0.350. The molecule has 0 aliphatic carbocycles. The average Bonchev–Trinajstić information content (AvgIpc) is 3.19. The summed E-state index contributed by atoms with van der Waals surface area (Å²) in [5.41, 5.74) is 0.943. The Hall–Kier alpha value is -2.31. The maximum absolute atomic E-state index is 12.5. The number of thiophene rings is 1. The zero-order valence-corrected chi connectivity index (χ0v) is 15.4. The number of piperazine rings is 1. The van der Waals surface area contributed by atoms with E-state index in [1.54, 1.807) is 17.4 Å². The highest BCUT2D eigenvalue weighted by atomic mass is 32.1. The average molecular weight is 370 g/mol. The van der Waals surface area contributed by atoms with Gasteiger partial charge in [-0.15, -0.1) is 11.3 Å². The van der Waals surface area contributed by atoms with Gasteiger partial charge in [0.2, 0.25) is 5.91 Å². The van der Waals surface area contributed by atoms with Crippen LogP contribution < -0.4 is 9.47 Å². The molecular weight excluding hydrogens is 348 g/mol. The van der Waals surface area contributed by atoms with Crippen LogP contribution in [0.15, 0.2) is 41.8 Å². The number of fused-ring (bicyclic) bond motifs is 1. The normalized spacial score (nSPS) is 17.6. The summed E-state index contributed by atoms with van der Waals surface area (Å²) in [4.78, 5) is 18.1. The van der Waals surface area contributed by atoms with Crippen molar-refractivity contribution in [2.75, 3.05) is 39.4 Å². The minimum Gasteiger partial charge on any atom is -0.486 e. The Balaban J connectivity index is 1.30. The molecule has 0 N–H and O–H groups in total. The van der Waals surface area contributed by atoms with Crippen LogP contribution >= 0.6 is 11.3 Å². The molecule has 26 heavy (non-hydrogen) atoms. The van der Waals surface area contributed by atoms with E-state index in [0.29, 0.717) is 13.2 Å². The van der Waals surface area contributed by atoms with E-state index in [0.717, 1.165) is 49.8 Å². The molecule has 5 nitrogen and oxygen atoms in total. The molecule has 0 spiro atoms. The Kier molecular flexibility index (Phi) is 5.22. The molecule has 1 saturated heterocycles. The van der Waals surface area contributed by atoms with Gasteiger partial charge in [-0.05, 0) is 35.2 Å². The van der Waals surface area contributed by atoms with E-state index in [4.69, 9.17) is 9.47 Å². The fourth-order valence-corrected chi connectivity index (χ4v) is 3.93. The molecule has 4 rings (SSSR count). The lowest BCUT2D eigenvalue weighted by Gasteiger charge is -2.34. The highest BCUT2D eigenvalue weighted by Crippen LogP contribution is 2.31. The van der Waals surface area contributed by atoms with E-state index >= 15 is 0 Å². The van der Waals surface area contributed by atoms with Gasteiger partial charge >= 0.3 is 0 Å². The number of ether oxygens (including phenoxy) is 2. The van der Waals surface area contributed by atoms with Gasteiger partial charge in [0.15, 0.2) is 11.5 Å². The summed E-state index contributed by atoms with van der Waals surface area (Å²) in [5.74, 6) is 1.57.